The zero-order chi connectivity index (χ0) is 20.3. The van der Waals surface area contributed by atoms with Crippen LogP contribution in [-0.4, -0.2) is 31.8 Å². The summed E-state index contributed by atoms with van der Waals surface area (Å²) in [6, 6.07) is 11.5. The summed E-state index contributed by atoms with van der Waals surface area (Å²) >= 11 is 0. The van der Waals surface area contributed by atoms with Crippen molar-refractivity contribution in [2.45, 2.75) is 19.8 Å². The number of Topliss-reactive ketones (excluding diaryl/α,β-unsaturated/α-hetero) is 2. The molecule has 0 unspecified atom stereocenters. The van der Waals surface area contributed by atoms with Crippen molar-refractivity contribution in [3.8, 4) is 5.75 Å². The molecule has 0 spiro atoms. The molecule has 0 N–H and O–H groups in total. The lowest BCUT2D eigenvalue weighted by atomic mass is 10.0. The number of ether oxygens (including phenoxy) is 2. The molecule has 0 saturated heterocycles. The van der Waals surface area contributed by atoms with E-state index in [2.05, 4.69) is 4.74 Å². The van der Waals surface area contributed by atoms with Crippen molar-refractivity contribution in [2.75, 3.05) is 14.2 Å². The second-order valence-electron chi connectivity index (χ2n) is 6.35. The van der Waals surface area contributed by atoms with Crippen LogP contribution < -0.4 is 4.74 Å². The van der Waals surface area contributed by atoms with Crippen LogP contribution in [-0.2, 0) is 4.74 Å². The lowest BCUT2D eigenvalue weighted by molar-refractivity contribution is 0.0600. The molecule has 3 aromatic rings. The van der Waals surface area contributed by atoms with Crippen LogP contribution >= 0.6 is 0 Å². The number of hydrogen-bond donors (Lipinski definition) is 0. The molecule has 0 atom stereocenters. The van der Waals surface area contributed by atoms with Crippen molar-refractivity contribution < 1.29 is 28.3 Å². The number of ketones is 2. The highest BCUT2D eigenvalue weighted by molar-refractivity contribution is 6.03. The van der Waals surface area contributed by atoms with Crippen LogP contribution in [0.2, 0.25) is 0 Å². The number of fused-ring (bicyclic) bond motifs is 1. The van der Waals surface area contributed by atoms with Crippen LogP contribution in [0, 0.1) is 6.92 Å². The Morgan fingerprint density at radius 3 is 2.18 bits per heavy atom. The summed E-state index contributed by atoms with van der Waals surface area (Å²) in [5.41, 5.74) is 2.30. The molecule has 3 rings (SSSR count). The fraction of sp³-hybridized carbons (Fsp3) is 0.227. The van der Waals surface area contributed by atoms with E-state index < -0.39 is 5.97 Å². The highest BCUT2D eigenvalue weighted by Gasteiger charge is 2.18. The van der Waals surface area contributed by atoms with Crippen LogP contribution in [0.1, 0.15) is 49.7 Å². The lowest BCUT2D eigenvalue weighted by Gasteiger charge is -2.02. The molecule has 6 heteroatoms. The summed E-state index contributed by atoms with van der Waals surface area (Å²) < 4.78 is 15.6. The third-order valence-electron chi connectivity index (χ3n) is 4.54. The Labute approximate surface area is 162 Å². The Morgan fingerprint density at radius 2 is 1.54 bits per heavy atom. The molecule has 0 aliphatic heterocycles. The Hall–Kier alpha value is -3.41. The number of methoxy groups -OCH3 is 2. The van der Waals surface area contributed by atoms with Gasteiger partial charge in [0.15, 0.2) is 17.3 Å². The van der Waals surface area contributed by atoms with Crippen molar-refractivity contribution in [3.05, 3.63) is 64.9 Å². The molecule has 0 amide bonds. The predicted octanol–water partition coefficient (Wildman–Crippen LogP) is 4.38. The molecule has 144 valence electrons. The summed E-state index contributed by atoms with van der Waals surface area (Å²) in [7, 11) is 2.85. The van der Waals surface area contributed by atoms with Crippen LogP contribution in [0.25, 0.3) is 11.0 Å². The van der Waals surface area contributed by atoms with Gasteiger partial charge in [0, 0.05) is 18.4 Å². The first-order valence-corrected chi connectivity index (χ1v) is 8.76. The Balaban J connectivity index is 1.70. The van der Waals surface area contributed by atoms with E-state index >= 15 is 0 Å². The normalized spacial score (nSPS) is 10.7. The van der Waals surface area contributed by atoms with Crippen molar-refractivity contribution in [2.24, 2.45) is 0 Å². The van der Waals surface area contributed by atoms with Gasteiger partial charge in [-0.2, -0.15) is 0 Å². The molecule has 2 aromatic carbocycles. The van der Waals surface area contributed by atoms with Gasteiger partial charge in [0.05, 0.1) is 25.2 Å². The van der Waals surface area contributed by atoms with Crippen LogP contribution in [0.3, 0.4) is 0 Å². The standard InChI is InChI=1S/C22H20O6/c1-13-4-11-19(26-2)16-12-20(28-21(13)16)18(24)10-9-17(23)14-5-7-15(8-6-14)22(25)27-3/h4-8,11-12H,9-10H2,1-3H3. The first kappa shape index (κ1) is 19.4. The highest BCUT2D eigenvalue weighted by Crippen LogP contribution is 2.31. The average molecular weight is 380 g/mol. The molecule has 0 fully saturated rings. The number of hydrogen-bond acceptors (Lipinski definition) is 6. The van der Waals surface area contributed by atoms with Gasteiger partial charge in [-0.25, -0.2) is 4.79 Å². The third-order valence-corrected chi connectivity index (χ3v) is 4.54. The highest BCUT2D eigenvalue weighted by atomic mass is 16.5. The summed E-state index contributed by atoms with van der Waals surface area (Å²) in [5, 5.41) is 0.732. The van der Waals surface area contributed by atoms with E-state index in [9.17, 15) is 14.4 Å². The maximum absolute atomic E-state index is 12.5. The zero-order valence-corrected chi connectivity index (χ0v) is 15.9. The predicted molar refractivity (Wildman–Crippen MR) is 103 cm³/mol. The molecule has 0 bridgehead atoms. The van der Waals surface area contributed by atoms with E-state index in [1.807, 2.05) is 19.1 Å². The molecule has 0 aliphatic carbocycles. The minimum atomic E-state index is -0.468. The molecule has 0 saturated carbocycles. The van der Waals surface area contributed by atoms with Crippen LogP contribution in [0.5, 0.6) is 5.75 Å². The van der Waals surface area contributed by atoms with Crippen molar-refractivity contribution in [1.29, 1.82) is 0 Å². The van der Waals surface area contributed by atoms with Crippen molar-refractivity contribution in [1.82, 2.24) is 0 Å². The van der Waals surface area contributed by atoms with E-state index in [-0.39, 0.29) is 30.2 Å². The van der Waals surface area contributed by atoms with Crippen molar-refractivity contribution >= 4 is 28.5 Å². The van der Waals surface area contributed by atoms with E-state index in [0.717, 1.165) is 10.9 Å². The Bertz CT molecular complexity index is 1040. The Morgan fingerprint density at radius 1 is 0.893 bits per heavy atom. The van der Waals surface area contributed by atoms with Crippen molar-refractivity contribution in [3.63, 3.8) is 0 Å². The summed E-state index contributed by atoms with van der Waals surface area (Å²) in [6.07, 6.45) is 0.0718. The summed E-state index contributed by atoms with van der Waals surface area (Å²) in [4.78, 5) is 36.3. The molecular formula is C22H20O6. The van der Waals surface area contributed by atoms with Crippen LogP contribution in [0.4, 0.5) is 0 Å². The average Bonchev–Trinajstić information content (AvgIpc) is 3.18. The zero-order valence-electron chi connectivity index (χ0n) is 15.9. The van der Waals surface area contributed by atoms with E-state index in [1.54, 1.807) is 25.3 Å². The molecule has 0 radical (unpaired) electrons. The van der Waals surface area contributed by atoms with E-state index in [4.69, 9.17) is 9.15 Å². The maximum Gasteiger partial charge on any atom is 0.337 e. The van der Waals surface area contributed by atoms with Gasteiger partial charge in [0.2, 0.25) is 0 Å². The Kier molecular flexibility index (Phi) is 5.59. The molecule has 28 heavy (non-hydrogen) atoms. The molecule has 1 aromatic heterocycles. The second-order valence-corrected chi connectivity index (χ2v) is 6.35. The van der Waals surface area contributed by atoms with Crippen LogP contribution in [0.15, 0.2) is 46.9 Å². The molecule has 0 aliphatic rings. The minimum absolute atomic E-state index is 0.0266. The lowest BCUT2D eigenvalue weighted by Crippen LogP contribution is -2.06. The van der Waals surface area contributed by atoms with E-state index in [0.29, 0.717) is 22.5 Å². The van der Waals surface area contributed by atoms with Gasteiger partial charge >= 0.3 is 5.97 Å². The molecular weight excluding hydrogens is 360 g/mol. The first-order valence-electron chi connectivity index (χ1n) is 8.76. The maximum atomic E-state index is 12.5. The fourth-order valence-corrected chi connectivity index (χ4v) is 2.95. The molecule has 6 nitrogen and oxygen atoms in total. The third kappa shape index (κ3) is 3.81. The summed E-state index contributed by atoms with van der Waals surface area (Å²) in [5.74, 6) is -0.0711. The number of rotatable bonds is 7. The number of furan rings is 1. The smallest absolute Gasteiger partial charge is 0.337 e. The quantitative estimate of drug-likeness (QED) is 0.447. The monoisotopic (exact) mass is 380 g/mol. The number of esters is 1. The number of aryl methyl sites for hydroxylation is 1. The number of carbonyl (C=O) groups is 3. The SMILES string of the molecule is COC(=O)c1ccc(C(=O)CCC(=O)c2cc3c(OC)ccc(C)c3o2)cc1. The van der Waals surface area contributed by atoms with Gasteiger partial charge in [-0.1, -0.05) is 18.2 Å². The fourth-order valence-electron chi connectivity index (χ4n) is 2.95. The topological polar surface area (TPSA) is 82.8 Å². The van der Waals surface area contributed by atoms with Gasteiger partial charge in [0.25, 0.3) is 0 Å². The number of carbonyl (C=O) groups excluding carboxylic acids is 3. The largest absolute Gasteiger partial charge is 0.496 e. The van der Waals surface area contributed by atoms with E-state index in [1.165, 1.54) is 19.2 Å². The van der Waals surface area contributed by atoms with Gasteiger partial charge in [-0.05, 0) is 36.8 Å². The molecule has 1 heterocycles. The van der Waals surface area contributed by atoms with Gasteiger partial charge in [0.1, 0.15) is 11.3 Å². The van der Waals surface area contributed by atoms with Gasteiger partial charge in [-0.3, -0.25) is 9.59 Å². The number of benzene rings is 2. The van der Waals surface area contributed by atoms with Gasteiger partial charge in [-0.15, -0.1) is 0 Å². The summed E-state index contributed by atoms with van der Waals surface area (Å²) in [6.45, 7) is 1.89. The first-order chi connectivity index (χ1) is 13.4. The second kappa shape index (κ2) is 8.08. The minimum Gasteiger partial charge on any atom is -0.496 e. The van der Waals surface area contributed by atoms with Gasteiger partial charge < -0.3 is 13.9 Å².